The van der Waals surface area contributed by atoms with Crippen LogP contribution in [0, 0.1) is 0 Å². The van der Waals surface area contributed by atoms with Gasteiger partial charge in [-0.25, -0.2) is 28.5 Å². The second-order valence-corrected chi connectivity index (χ2v) is 9.23. The third kappa shape index (κ3) is 4.43. The third-order valence-electron chi connectivity index (χ3n) is 6.09. The number of hydrogen-bond donors (Lipinski definition) is 2. The Balaban J connectivity index is 1.61. The smallest absolute Gasteiger partial charge is 0.356 e. The number of rotatable bonds is 5. The van der Waals surface area contributed by atoms with Crippen molar-refractivity contribution in [3.63, 3.8) is 0 Å². The molecule has 1 aliphatic rings. The number of aromatic carboxylic acids is 1. The quantitative estimate of drug-likeness (QED) is 0.326. The second kappa shape index (κ2) is 8.76. The van der Waals surface area contributed by atoms with E-state index in [9.17, 15) is 18.7 Å². The highest BCUT2D eigenvalue weighted by Gasteiger charge is 2.35. The van der Waals surface area contributed by atoms with Gasteiger partial charge in [0.2, 0.25) is 5.95 Å². The molecule has 4 aromatic rings. The second-order valence-electron chi connectivity index (χ2n) is 8.46. The van der Waals surface area contributed by atoms with E-state index in [-0.39, 0.29) is 41.9 Å². The number of carbonyl (C=O) groups is 1. The highest BCUT2D eigenvalue weighted by molar-refractivity contribution is 6.30. The molecule has 0 spiro atoms. The molecule has 3 aromatic heterocycles. The number of fused-ring (bicyclic) bond motifs is 3. The summed E-state index contributed by atoms with van der Waals surface area (Å²) in [6, 6.07) is 8.24. The average molecular weight is 521 g/mol. The first kappa shape index (κ1) is 23.5. The van der Waals surface area contributed by atoms with Gasteiger partial charge in [0.25, 0.3) is 5.92 Å². The van der Waals surface area contributed by atoms with Crippen LogP contribution >= 0.6 is 23.2 Å². The number of nitrogens with zero attached hydrogens (tertiary/aromatic N) is 5. The molecule has 0 amide bonds. The lowest BCUT2D eigenvalue weighted by Gasteiger charge is -2.33. The van der Waals surface area contributed by atoms with Crippen molar-refractivity contribution in [2.75, 3.05) is 23.3 Å². The number of anilines is 2. The van der Waals surface area contributed by atoms with Crippen LogP contribution in [0.25, 0.3) is 16.6 Å². The Kier molecular flexibility index (Phi) is 5.88. The normalized spacial score (nSPS) is 16.5. The Hall–Kier alpha value is -3.24. The summed E-state index contributed by atoms with van der Waals surface area (Å²) in [4.78, 5) is 26.7. The highest BCUT2D eigenvalue weighted by Crippen LogP contribution is 2.34. The van der Waals surface area contributed by atoms with Gasteiger partial charge in [0, 0.05) is 36.9 Å². The van der Waals surface area contributed by atoms with Crippen LogP contribution in [0.4, 0.5) is 20.4 Å². The lowest BCUT2D eigenvalue weighted by Crippen LogP contribution is -2.40. The SMILES string of the molecule is C[C@@H](Nc1ccc(Cl)nc1C(=O)O)c1cccc2c1nc(N1CCC(F)(F)CC1)n1cc(Cl)nc21. The summed E-state index contributed by atoms with van der Waals surface area (Å²) >= 11 is 12.1. The van der Waals surface area contributed by atoms with Crippen LogP contribution in [-0.4, -0.2) is 49.4 Å². The minimum atomic E-state index is -2.70. The van der Waals surface area contributed by atoms with Crippen LogP contribution < -0.4 is 10.2 Å². The largest absolute Gasteiger partial charge is 0.476 e. The van der Waals surface area contributed by atoms with Crippen molar-refractivity contribution in [2.24, 2.45) is 0 Å². The predicted molar refractivity (Wildman–Crippen MR) is 130 cm³/mol. The van der Waals surface area contributed by atoms with Gasteiger partial charge in [-0.15, -0.1) is 0 Å². The molecular weight excluding hydrogens is 501 g/mol. The lowest BCUT2D eigenvalue weighted by atomic mass is 10.0. The number of nitrogens with one attached hydrogen (secondary N) is 1. The van der Waals surface area contributed by atoms with Crippen molar-refractivity contribution in [1.29, 1.82) is 0 Å². The van der Waals surface area contributed by atoms with Crippen LogP contribution in [0.15, 0.2) is 36.5 Å². The number of carboxylic acids is 1. The molecule has 5 rings (SSSR count). The number of hydrogen-bond acceptors (Lipinski definition) is 6. The molecule has 0 unspecified atom stereocenters. The maximum Gasteiger partial charge on any atom is 0.356 e. The van der Waals surface area contributed by atoms with E-state index in [1.165, 1.54) is 6.07 Å². The van der Waals surface area contributed by atoms with Crippen molar-refractivity contribution >= 4 is 57.4 Å². The average Bonchev–Trinajstić information content (AvgIpc) is 3.21. The Morgan fingerprint density at radius 2 is 1.86 bits per heavy atom. The fourth-order valence-electron chi connectivity index (χ4n) is 4.35. The zero-order chi connectivity index (χ0) is 24.9. The molecule has 35 heavy (non-hydrogen) atoms. The highest BCUT2D eigenvalue weighted by atomic mass is 35.5. The van der Waals surface area contributed by atoms with Crippen LogP contribution in [0.3, 0.4) is 0 Å². The molecule has 1 saturated heterocycles. The van der Waals surface area contributed by atoms with E-state index in [0.29, 0.717) is 22.8 Å². The van der Waals surface area contributed by atoms with Gasteiger partial charge in [0.05, 0.1) is 23.4 Å². The summed E-state index contributed by atoms with van der Waals surface area (Å²) in [5.74, 6) is -3.44. The molecule has 1 aliphatic heterocycles. The predicted octanol–water partition coefficient (Wildman–Crippen LogP) is 5.69. The molecule has 1 fully saturated rings. The standard InChI is InChI=1S/C23H20Cl2F2N6O2/c1-12(28-15-5-6-16(24)29-19(15)21(34)35)13-3-2-4-14-18(13)31-22(33-11-17(25)30-20(14)33)32-9-7-23(26,27)8-10-32/h2-6,11-12,28H,7-10H2,1H3,(H,34,35)/t12-/m1/s1. The van der Waals surface area contributed by atoms with Gasteiger partial charge in [-0.3, -0.25) is 4.40 Å². The minimum absolute atomic E-state index is 0.0720. The van der Waals surface area contributed by atoms with Crippen molar-refractivity contribution in [3.05, 3.63) is 58.1 Å². The maximum atomic E-state index is 13.8. The van der Waals surface area contributed by atoms with Crippen molar-refractivity contribution in [2.45, 2.75) is 31.7 Å². The fourth-order valence-corrected chi connectivity index (χ4v) is 4.67. The van der Waals surface area contributed by atoms with Gasteiger partial charge in [-0.2, -0.15) is 0 Å². The fraction of sp³-hybridized carbons (Fsp3) is 0.304. The molecule has 182 valence electrons. The zero-order valence-electron chi connectivity index (χ0n) is 18.5. The first-order chi connectivity index (χ1) is 16.6. The molecule has 1 atom stereocenters. The maximum absolute atomic E-state index is 13.8. The van der Waals surface area contributed by atoms with Crippen molar-refractivity contribution in [3.8, 4) is 0 Å². The molecule has 0 saturated carbocycles. The van der Waals surface area contributed by atoms with E-state index in [1.807, 2.05) is 30.0 Å². The summed E-state index contributed by atoms with van der Waals surface area (Å²) in [6.07, 6.45) is 1.09. The monoisotopic (exact) mass is 520 g/mol. The molecule has 4 heterocycles. The number of pyridine rings is 1. The molecular formula is C23H20Cl2F2N6O2. The van der Waals surface area contributed by atoms with E-state index < -0.39 is 17.9 Å². The number of para-hydroxylation sites is 1. The Morgan fingerprint density at radius 1 is 1.11 bits per heavy atom. The van der Waals surface area contributed by atoms with E-state index in [1.54, 1.807) is 16.7 Å². The van der Waals surface area contributed by atoms with E-state index in [0.717, 1.165) is 10.9 Å². The number of aromatic nitrogens is 4. The molecule has 0 aliphatic carbocycles. The number of piperidine rings is 1. The number of alkyl halides is 2. The molecule has 2 N–H and O–H groups in total. The first-order valence-corrected chi connectivity index (χ1v) is 11.6. The molecule has 0 bridgehead atoms. The molecule has 8 nitrogen and oxygen atoms in total. The van der Waals surface area contributed by atoms with Gasteiger partial charge in [-0.05, 0) is 25.1 Å². The summed E-state index contributed by atoms with van der Waals surface area (Å²) < 4.78 is 29.3. The van der Waals surface area contributed by atoms with Gasteiger partial charge >= 0.3 is 5.97 Å². The topological polar surface area (TPSA) is 95.6 Å². The lowest BCUT2D eigenvalue weighted by molar-refractivity contribution is -0.0222. The van der Waals surface area contributed by atoms with Crippen molar-refractivity contribution < 1.29 is 18.7 Å². The van der Waals surface area contributed by atoms with E-state index in [4.69, 9.17) is 28.2 Å². The third-order valence-corrected chi connectivity index (χ3v) is 6.48. The first-order valence-electron chi connectivity index (χ1n) is 10.9. The minimum Gasteiger partial charge on any atom is -0.476 e. The molecule has 12 heteroatoms. The summed E-state index contributed by atoms with van der Waals surface area (Å²) in [5.41, 5.74) is 2.03. The summed E-state index contributed by atoms with van der Waals surface area (Å²) in [6.45, 7) is 2.15. The van der Waals surface area contributed by atoms with Crippen LogP contribution in [0.2, 0.25) is 10.3 Å². The van der Waals surface area contributed by atoms with Crippen LogP contribution in [0.5, 0.6) is 0 Å². The number of benzene rings is 1. The van der Waals surface area contributed by atoms with Crippen LogP contribution in [-0.2, 0) is 0 Å². The van der Waals surface area contributed by atoms with Crippen molar-refractivity contribution in [1.82, 2.24) is 19.4 Å². The van der Waals surface area contributed by atoms with Gasteiger partial charge < -0.3 is 15.3 Å². The van der Waals surface area contributed by atoms with Gasteiger partial charge in [0.15, 0.2) is 11.3 Å². The summed E-state index contributed by atoms with van der Waals surface area (Å²) in [5, 5.41) is 13.8. The van der Waals surface area contributed by atoms with Crippen LogP contribution in [0.1, 0.15) is 41.9 Å². The molecule has 0 radical (unpaired) electrons. The van der Waals surface area contributed by atoms with Gasteiger partial charge in [0.1, 0.15) is 10.3 Å². The van der Waals surface area contributed by atoms with E-state index >= 15 is 0 Å². The number of halogens is 4. The van der Waals surface area contributed by atoms with Gasteiger partial charge in [-0.1, -0.05) is 35.3 Å². The Bertz CT molecular complexity index is 1450. The molecule has 1 aromatic carbocycles. The zero-order valence-corrected chi connectivity index (χ0v) is 20.0. The summed E-state index contributed by atoms with van der Waals surface area (Å²) in [7, 11) is 0. The number of carboxylic acid groups (broad SMARTS) is 1. The van der Waals surface area contributed by atoms with E-state index in [2.05, 4.69) is 15.3 Å². The number of imidazole rings is 1. The Labute approximate surface area is 208 Å². The Morgan fingerprint density at radius 3 is 2.57 bits per heavy atom.